The van der Waals surface area contributed by atoms with E-state index in [1.807, 2.05) is 0 Å². The van der Waals surface area contributed by atoms with Crippen molar-refractivity contribution in [1.82, 2.24) is 25.6 Å². The van der Waals surface area contributed by atoms with Crippen molar-refractivity contribution in [3.8, 4) is 0 Å². The van der Waals surface area contributed by atoms with E-state index in [1.54, 1.807) is 6.07 Å². The predicted molar refractivity (Wildman–Crippen MR) is 85.7 cm³/mol. The number of nitrogens with zero attached hydrogens (tertiary/aromatic N) is 1. The maximum atomic E-state index is 12.3. The topological polar surface area (TPSA) is 116 Å². The van der Waals surface area contributed by atoms with Gasteiger partial charge in [-0.3, -0.25) is 9.89 Å². The summed E-state index contributed by atoms with van der Waals surface area (Å²) in [5, 5.41) is 13.0. The van der Waals surface area contributed by atoms with Gasteiger partial charge in [0.2, 0.25) is 10.0 Å². The molecule has 1 aliphatic rings. The van der Waals surface area contributed by atoms with Crippen molar-refractivity contribution in [2.45, 2.75) is 23.7 Å². The van der Waals surface area contributed by atoms with Crippen LogP contribution in [0.4, 0.5) is 0 Å². The molecular weight excluding hydrogens is 338 g/mol. The lowest BCUT2D eigenvalue weighted by Gasteiger charge is -2.12. The zero-order valence-electron chi connectivity index (χ0n) is 12.5. The summed E-state index contributed by atoms with van der Waals surface area (Å²) in [5.41, 5.74) is 2.29. The van der Waals surface area contributed by atoms with Crippen molar-refractivity contribution < 1.29 is 13.2 Å². The van der Waals surface area contributed by atoms with Crippen molar-refractivity contribution in [2.75, 3.05) is 13.6 Å². The lowest BCUT2D eigenvalue weighted by atomic mass is 10.1. The molecule has 0 radical (unpaired) electrons. The molecule has 0 aromatic carbocycles. The molecule has 0 atom stereocenters. The second-order valence-corrected chi connectivity index (χ2v) is 8.35. The van der Waals surface area contributed by atoms with Crippen molar-refractivity contribution >= 4 is 27.3 Å². The van der Waals surface area contributed by atoms with Gasteiger partial charge in [0.05, 0.1) is 6.54 Å². The fraction of sp³-hybridized carbons (Fsp3) is 0.385. The van der Waals surface area contributed by atoms with E-state index in [4.69, 9.17) is 0 Å². The zero-order chi connectivity index (χ0) is 16.4. The molecule has 1 aliphatic heterocycles. The van der Waals surface area contributed by atoms with Gasteiger partial charge >= 0.3 is 0 Å². The van der Waals surface area contributed by atoms with Crippen LogP contribution in [0.3, 0.4) is 0 Å². The van der Waals surface area contributed by atoms with Crippen LogP contribution < -0.4 is 15.4 Å². The quantitative estimate of drug-likeness (QED) is 0.600. The number of hydrogen-bond donors (Lipinski definition) is 4. The molecular formula is C13H17N5O3S2. The molecule has 2 aromatic rings. The van der Waals surface area contributed by atoms with Crippen LogP contribution in [0.5, 0.6) is 0 Å². The molecule has 3 rings (SSSR count). The molecule has 23 heavy (non-hydrogen) atoms. The number of thiophene rings is 1. The first-order chi connectivity index (χ1) is 11.0. The van der Waals surface area contributed by atoms with Crippen LogP contribution in [0.2, 0.25) is 0 Å². The van der Waals surface area contributed by atoms with Gasteiger partial charge in [0.15, 0.2) is 5.69 Å². The Balaban J connectivity index is 1.67. The van der Waals surface area contributed by atoms with E-state index in [2.05, 4.69) is 25.6 Å². The summed E-state index contributed by atoms with van der Waals surface area (Å²) in [6, 6.07) is 3.22. The van der Waals surface area contributed by atoms with E-state index in [0.29, 0.717) is 12.2 Å². The first kappa shape index (κ1) is 16.1. The average Bonchev–Trinajstić information content (AvgIpc) is 3.20. The minimum absolute atomic E-state index is 0.227. The third kappa shape index (κ3) is 3.29. The second-order valence-electron chi connectivity index (χ2n) is 5.07. The Bertz CT molecular complexity index is 825. The lowest BCUT2D eigenvalue weighted by Crippen LogP contribution is -2.28. The second kappa shape index (κ2) is 6.40. The molecule has 124 valence electrons. The zero-order valence-corrected chi connectivity index (χ0v) is 14.1. The lowest BCUT2D eigenvalue weighted by molar-refractivity contribution is 0.0945. The van der Waals surface area contributed by atoms with Gasteiger partial charge in [-0.05, 0) is 19.2 Å². The van der Waals surface area contributed by atoms with Gasteiger partial charge in [-0.15, -0.1) is 11.3 Å². The normalized spacial score (nSPS) is 14.5. The Kier molecular flexibility index (Phi) is 4.48. The van der Waals surface area contributed by atoms with Crippen LogP contribution in [-0.2, 0) is 29.5 Å². The van der Waals surface area contributed by atoms with Gasteiger partial charge in [0.1, 0.15) is 4.21 Å². The number of hydrogen-bond acceptors (Lipinski definition) is 6. The monoisotopic (exact) mass is 355 g/mol. The number of fused-ring (bicyclic) bond motifs is 1. The number of rotatable bonds is 5. The Morgan fingerprint density at radius 2 is 2.26 bits per heavy atom. The van der Waals surface area contributed by atoms with Crippen molar-refractivity contribution in [1.29, 1.82) is 0 Å². The summed E-state index contributed by atoms with van der Waals surface area (Å²) >= 11 is 1.13. The number of H-pyrrole nitrogens is 1. The number of sulfonamides is 1. The molecule has 0 saturated carbocycles. The SMILES string of the molecule is CNS(=O)(=O)c1ccc(CNC(=O)c2n[nH]c3c2CNCC3)s1. The van der Waals surface area contributed by atoms with Gasteiger partial charge < -0.3 is 10.6 Å². The number of carbonyl (C=O) groups is 1. The van der Waals surface area contributed by atoms with E-state index < -0.39 is 10.0 Å². The molecule has 4 N–H and O–H groups in total. The summed E-state index contributed by atoms with van der Waals surface area (Å²) in [4.78, 5) is 13.0. The summed E-state index contributed by atoms with van der Waals surface area (Å²) < 4.78 is 25.9. The van der Waals surface area contributed by atoms with E-state index in [1.165, 1.54) is 13.1 Å². The summed E-state index contributed by atoms with van der Waals surface area (Å²) in [5.74, 6) is -0.266. The maximum absolute atomic E-state index is 12.3. The standard InChI is InChI=1S/C13H17N5O3S2/c1-14-23(20,21)11-3-2-8(22-11)6-16-13(19)12-9-7-15-5-4-10(9)17-18-12/h2-3,14-15H,4-7H2,1H3,(H,16,19)(H,17,18). The van der Waals surface area contributed by atoms with Gasteiger partial charge in [-0.25, -0.2) is 13.1 Å². The number of carbonyl (C=O) groups excluding carboxylic acids is 1. The molecule has 0 saturated heterocycles. The first-order valence-electron chi connectivity index (χ1n) is 7.08. The molecule has 8 nitrogen and oxygen atoms in total. The fourth-order valence-corrected chi connectivity index (χ4v) is 4.50. The van der Waals surface area contributed by atoms with E-state index in [0.717, 1.165) is 40.4 Å². The largest absolute Gasteiger partial charge is 0.346 e. The molecule has 0 bridgehead atoms. The Labute approximate surface area is 137 Å². The molecule has 0 spiro atoms. The Morgan fingerprint density at radius 3 is 3.04 bits per heavy atom. The number of aromatic amines is 1. The Morgan fingerprint density at radius 1 is 1.43 bits per heavy atom. The highest BCUT2D eigenvalue weighted by Crippen LogP contribution is 2.21. The fourth-order valence-electron chi connectivity index (χ4n) is 2.36. The van der Waals surface area contributed by atoms with Crippen LogP contribution in [-0.4, -0.2) is 38.1 Å². The predicted octanol–water partition coefficient (Wildman–Crippen LogP) is -0.0450. The highest BCUT2D eigenvalue weighted by Gasteiger charge is 2.21. The van der Waals surface area contributed by atoms with Gasteiger partial charge in [-0.2, -0.15) is 5.10 Å². The minimum atomic E-state index is -3.44. The molecule has 1 amide bonds. The van der Waals surface area contributed by atoms with Gasteiger partial charge in [-0.1, -0.05) is 0 Å². The highest BCUT2D eigenvalue weighted by molar-refractivity contribution is 7.91. The highest BCUT2D eigenvalue weighted by atomic mass is 32.2. The van der Waals surface area contributed by atoms with Gasteiger partial charge in [0, 0.05) is 35.6 Å². The molecule has 0 aliphatic carbocycles. The Hall–Kier alpha value is -1.75. The van der Waals surface area contributed by atoms with E-state index in [-0.39, 0.29) is 16.7 Å². The third-order valence-electron chi connectivity index (χ3n) is 3.62. The third-order valence-corrected chi connectivity index (χ3v) is 6.61. The smallest absolute Gasteiger partial charge is 0.272 e. The van der Waals surface area contributed by atoms with Crippen LogP contribution >= 0.6 is 11.3 Å². The number of aromatic nitrogens is 2. The van der Waals surface area contributed by atoms with E-state index in [9.17, 15) is 13.2 Å². The van der Waals surface area contributed by atoms with Crippen molar-refractivity contribution in [3.05, 3.63) is 34.0 Å². The molecule has 3 heterocycles. The number of amides is 1. The summed E-state index contributed by atoms with van der Waals surface area (Å²) in [6.45, 7) is 1.75. The molecule has 0 fully saturated rings. The van der Waals surface area contributed by atoms with Crippen LogP contribution in [0.25, 0.3) is 0 Å². The average molecular weight is 355 g/mol. The molecule has 0 unspecified atom stereocenters. The summed E-state index contributed by atoms with van der Waals surface area (Å²) in [7, 11) is -2.07. The molecule has 10 heteroatoms. The van der Waals surface area contributed by atoms with Crippen molar-refractivity contribution in [2.24, 2.45) is 0 Å². The summed E-state index contributed by atoms with van der Waals surface area (Å²) in [6.07, 6.45) is 0.825. The van der Waals surface area contributed by atoms with Gasteiger partial charge in [0.25, 0.3) is 5.91 Å². The van der Waals surface area contributed by atoms with Crippen LogP contribution in [0.1, 0.15) is 26.6 Å². The van der Waals surface area contributed by atoms with Crippen molar-refractivity contribution in [3.63, 3.8) is 0 Å². The van der Waals surface area contributed by atoms with Crippen LogP contribution in [0.15, 0.2) is 16.3 Å². The minimum Gasteiger partial charge on any atom is -0.346 e. The van der Waals surface area contributed by atoms with Crippen LogP contribution in [0, 0.1) is 0 Å². The number of nitrogens with one attached hydrogen (secondary N) is 4. The maximum Gasteiger partial charge on any atom is 0.272 e. The molecule has 2 aromatic heterocycles. The van der Waals surface area contributed by atoms with E-state index >= 15 is 0 Å². The first-order valence-corrected chi connectivity index (χ1v) is 9.38.